The Bertz CT molecular complexity index is 291. The van der Waals surface area contributed by atoms with Gasteiger partial charge in [-0.15, -0.1) is 0 Å². The number of carbonyl (C=O) groups is 1. The first-order chi connectivity index (χ1) is 7.77. The van der Waals surface area contributed by atoms with Crippen LogP contribution in [-0.4, -0.2) is 24.0 Å². The lowest BCUT2D eigenvalue weighted by molar-refractivity contribution is -0.124. The van der Waals surface area contributed by atoms with Crippen molar-refractivity contribution in [3.63, 3.8) is 0 Å². The summed E-state index contributed by atoms with van der Waals surface area (Å²) in [7, 11) is 0. The first kappa shape index (κ1) is 11.4. The van der Waals surface area contributed by atoms with Crippen LogP contribution in [0.2, 0.25) is 0 Å². The van der Waals surface area contributed by atoms with Gasteiger partial charge in [0.1, 0.15) is 5.54 Å². The van der Waals surface area contributed by atoms with Crippen LogP contribution in [0.25, 0.3) is 0 Å². The highest BCUT2D eigenvalue weighted by atomic mass is 16.2. The van der Waals surface area contributed by atoms with E-state index in [9.17, 15) is 4.79 Å². The highest BCUT2D eigenvalue weighted by Crippen LogP contribution is 2.28. The molecule has 1 amide bonds. The smallest absolute Gasteiger partial charge is 0.252 e. The maximum atomic E-state index is 12.0. The molecule has 2 N–H and O–H groups in total. The zero-order valence-electron chi connectivity index (χ0n) is 10.0. The predicted molar refractivity (Wildman–Crippen MR) is 64.3 cm³/mol. The van der Waals surface area contributed by atoms with Gasteiger partial charge in [-0.1, -0.05) is 32.1 Å². The summed E-state index contributed by atoms with van der Waals surface area (Å²) in [4.78, 5) is 16.3. The fourth-order valence-corrected chi connectivity index (χ4v) is 2.64. The van der Waals surface area contributed by atoms with Gasteiger partial charge in [0.25, 0.3) is 5.91 Å². The Hall–Kier alpha value is -1.06. The highest BCUT2D eigenvalue weighted by Gasteiger charge is 2.44. The standard InChI is InChI=1S/C12H21N3O/c1-2-13-11-14-10(16)12(15-11)8-6-4-3-5-7-9-12/h2-9H2,1H3,(H2,13,14,15,16). The summed E-state index contributed by atoms with van der Waals surface area (Å²) in [5, 5.41) is 6.18. The topological polar surface area (TPSA) is 53.5 Å². The zero-order chi connectivity index (χ0) is 11.4. The van der Waals surface area contributed by atoms with Gasteiger partial charge in [0.05, 0.1) is 0 Å². The fourth-order valence-electron chi connectivity index (χ4n) is 2.64. The van der Waals surface area contributed by atoms with Crippen LogP contribution in [0.15, 0.2) is 4.99 Å². The lowest BCUT2D eigenvalue weighted by Gasteiger charge is -2.28. The summed E-state index contributed by atoms with van der Waals surface area (Å²) in [5.41, 5.74) is -0.353. The van der Waals surface area contributed by atoms with Crippen LogP contribution in [0.1, 0.15) is 51.9 Å². The molecule has 2 aliphatic rings. The van der Waals surface area contributed by atoms with Crippen LogP contribution in [0.5, 0.6) is 0 Å². The Labute approximate surface area is 96.9 Å². The fraction of sp³-hybridized carbons (Fsp3) is 0.833. The summed E-state index contributed by atoms with van der Waals surface area (Å²) in [6.07, 6.45) is 7.98. The van der Waals surface area contributed by atoms with Crippen molar-refractivity contribution in [1.29, 1.82) is 0 Å². The molecule has 2 rings (SSSR count). The van der Waals surface area contributed by atoms with Crippen molar-refractivity contribution >= 4 is 11.9 Å². The molecule has 0 aromatic carbocycles. The summed E-state index contributed by atoms with van der Waals surface area (Å²) in [5.74, 6) is 0.801. The van der Waals surface area contributed by atoms with Gasteiger partial charge in [-0.05, 0) is 19.8 Å². The summed E-state index contributed by atoms with van der Waals surface area (Å²) < 4.78 is 0. The van der Waals surface area contributed by atoms with Crippen molar-refractivity contribution in [2.45, 2.75) is 57.4 Å². The second-order valence-corrected chi connectivity index (χ2v) is 4.75. The van der Waals surface area contributed by atoms with Crippen LogP contribution < -0.4 is 10.6 Å². The summed E-state index contributed by atoms with van der Waals surface area (Å²) in [6, 6.07) is 0. The Kier molecular flexibility index (Phi) is 3.46. The van der Waals surface area contributed by atoms with Gasteiger partial charge >= 0.3 is 0 Å². The second kappa shape index (κ2) is 4.85. The molecule has 0 unspecified atom stereocenters. The van der Waals surface area contributed by atoms with Gasteiger partial charge in [0.15, 0.2) is 5.96 Å². The normalized spacial score (nSPS) is 27.3. The first-order valence-corrected chi connectivity index (χ1v) is 6.41. The van der Waals surface area contributed by atoms with Gasteiger partial charge in [0.2, 0.25) is 0 Å². The number of nitrogens with zero attached hydrogens (tertiary/aromatic N) is 1. The quantitative estimate of drug-likeness (QED) is 0.709. The van der Waals surface area contributed by atoms with Crippen molar-refractivity contribution in [2.75, 3.05) is 6.54 Å². The van der Waals surface area contributed by atoms with E-state index in [2.05, 4.69) is 15.6 Å². The van der Waals surface area contributed by atoms with E-state index in [0.29, 0.717) is 12.5 Å². The van der Waals surface area contributed by atoms with Crippen molar-refractivity contribution in [3.8, 4) is 0 Å². The molecular weight excluding hydrogens is 202 g/mol. The molecule has 1 spiro atoms. The average molecular weight is 223 g/mol. The lowest BCUT2D eigenvalue weighted by atomic mass is 9.84. The Balaban J connectivity index is 2.10. The third-order valence-corrected chi connectivity index (χ3v) is 3.55. The Morgan fingerprint density at radius 2 is 1.81 bits per heavy atom. The molecule has 1 aliphatic carbocycles. The highest BCUT2D eigenvalue weighted by molar-refractivity contribution is 6.09. The number of aliphatic imine (C=N–C) groups is 1. The number of hydrogen-bond donors (Lipinski definition) is 2. The van der Waals surface area contributed by atoms with E-state index >= 15 is 0 Å². The van der Waals surface area contributed by atoms with Crippen LogP contribution in [-0.2, 0) is 4.79 Å². The number of nitrogens with one attached hydrogen (secondary N) is 2. The van der Waals surface area contributed by atoms with E-state index in [4.69, 9.17) is 0 Å². The molecule has 4 heteroatoms. The Morgan fingerprint density at radius 3 is 2.44 bits per heavy atom. The van der Waals surface area contributed by atoms with Gasteiger partial charge in [-0.25, -0.2) is 0 Å². The van der Waals surface area contributed by atoms with Crippen LogP contribution in [0, 0.1) is 0 Å². The minimum absolute atomic E-state index is 0.126. The van der Waals surface area contributed by atoms with Gasteiger partial charge in [0, 0.05) is 6.54 Å². The van der Waals surface area contributed by atoms with Crippen LogP contribution in [0.4, 0.5) is 0 Å². The third kappa shape index (κ3) is 2.20. The first-order valence-electron chi connectivity index (χ1n) is 6.41. The minimum atomic E-state index is -0.353. The monoisotopic (exact) mass is 223 g/mol. The SMILES string of the molecule is CCN=C1NC(=O)C2(CCCCCCC2)N1. The number of guanidine groups is 1. The van der Waals surface area contributed by atoms with E-state index < -0.39 is 0 Å². The molecular formula is C12H21N3O. The largest absolute Gasteiger partial charge is 0.342 e. The third-order valence-electron chi connectivity index (χ3n) is 3.55. The number of carbonyl (C=O) groups excluding carboxylic acids is 1. The number of hydrogen-bond acceptors (Lipinski definition) is 2. The molecule has 1 heterocycles. The van der Waals surface area contributed by atoms with Crippen LogP contribution in [0.3, 0.4) is 0 Å². The molecule has 0 aromatic heterocycles. The molecule has 90 valence electrons. The van der Waals surface area contributed by atoms with E-state index in [1.165, 1.54) is 19.3 Å². The van der Waals surface area contributed by atoms with E-state index in [1.54, 1.807) is 0 Å². The average Bonchev–Trinajstić information content (AvgIpc) is 2.51. The molecule has 0 aromatic rings. The minimum Gasteiger partial charge on any atom is -0.342 e. The van der Waals surface area contributed by atoms with Gasteiger partial charge in [-0.3, -0.25) is 15.1 Å². The van der Waals surface area contributed by atoms with E-state index in [1.807, 2.05) is 6.92 Å². The molecule has 1 saturated heterocycles. The zero-order valence-corrected chi connectivity index (χ0v) is 10.0. The van der Waals surface area contributed by atoms with Crippen molar-refractivity contribution in [3.05, 3.63) is 0 Å². The Morgan fingerprint density at radius 1 is 1.19 bits per heavy atom. The van der Waals surface area contributed by atoms with Gasteiger partial charge < -0.3 is 5.32 Å². The van der Waals surface area contributed by atoms with Gasteiger partial charge in [-0.2, -0.15) is 0 Å². The maximum absolute atomic E-state index is 12.0. The molecule has 0 atom stereocenters. The summed E-state index contributed by atoms with van der Waals surface area (Å²) in [6.45, 7) is 2.68. The number of amides is 1. The van der Waals surface area contributed by atoms with Crippen molar-refractivity contribution in [2.24, 2.45) is 4.99 Å². The number of rotatable bonds is 1. The molecule has 0 bridgehead atoms. The lowest BCUT2D eigenvalue weighted by Crippen LogP contribution is -2.47. The molecule has 1 aliphatic heterocycles. The van der Waals surface area contributed by atoms with Crippen molar-refractivity contribution in [1.82, 2.24) is 10.6 Å². The van der Waals surface area contributed by atoms with Crippen molar-refractivity contribution < 1.29 is 4.79 Å². The predicted octanol–water partition coefficient (Wildman–Crippen LogP) is 1.56. The maximum Gasteiger partial charge on any atom is 0.252 e. The van der Waals surface area contributed by atoms with E-state index in [-0.39, 0.29) is 11.4 Å². The summed E-state index contributed by atoms with van der Waals surface area (Å²) >= 11 is 0. The second-order valence-electron chi connectivity index (χ2n) is 4.75. The molecule has 2 fully saturated rings. The molecule has 0 radical (unpaired) electrons. The van der Waals surface area contributed by atoms with Crippen LogP contribution >= 0.6 is 0 Å². The van der Waals surface area contributed by atoms with E-state index in [0.717, 1.165) is 25.7 Å². The molecule has 1 saturated carbocycles. The molecule has 16 heavy (non-hydrogen) atoms. The molecule has 4 nitrogen and oxygen atoms in total.